The highest BCUT2D eigenvalue weighted by Gasteiger charge is 2.27. The van der Waals surface area contributed by atoms with E-state index in [9.17, 15) is 4.79 Å². The van der Waals surface area contributed by atoms with Crippen molar-refractivity contribution in [1.82, 2.24) is 10.2 Å². The molecule has 0 spiro atoms. The van der Waals surface area contributed by atoms with E-state index in [2.05, 4.69) is 10.2 Å². The lowest BCUT2D eigenvalue weighted by molar-refractivity contribution is 0.0686. The Hall–Kier alpha value is -2.84. The number of hydrogen-bond acceptors (Lipinski definition) is 8. The van der Waals surface area contributed by atoms with Gasteiger partial charge in [-0.25, -0.2) is 0 Å². The van der Waals surface area contributed by atoms with Crippen LogP contribution in [0.5, 0.6) is 11.5 Å². The molecule has 0 saturated carbocycles. The van der Waals surface area contributed by atoms with Crippen LogP contribution in [-0.4, -0.2) is 28.3 Å². The number of aryl methyl sites for hydroxylation is 1. The molecule has 8 heteroatoms. The summed E-state index contributed by atoms with van der Waals surface area (Å²) in [5.74, 6) is 1.97. The van der Waals surface area contributed by atoms with E-state index in [0.29, 0.717) is 29.2 Å². The minimum atomic E-state index is -0.465. The van der Waals surface area contributed by atoms with Gasteiger partial charge in [0.1, 0.15) is 6.61 Å². The summed E-state index contributed by atoms with van der Waals surface area (Å²) in [6, 6.07) is 15.5. The highest BCUT2D eigenvalue weighted by atomic mass is 32.2. The van der Waals surface area contributed by atoms with Gasteiger partial charge in [0.05, 0.1) is 10.6 Å². The van der Waals surface area contributed by atoms with Gasteiger partial charge in [0, 0.05) is 4.70 Å². The first-order chi connectivity index (χ1) is 14.2. The summed E-state index contributed by atoms with van der Waals surface area (Å²) < 4.78 is 18.4. The Kier molecular flexibility index (Phi) is 4.73. The molecule has 0 N–H and O–H groups in total. The van der Waals surface area contributed by atoms with E-state index in [4.69, 9.17) is 13.9 Å². The van der Waals surface area contributed by atoms with Crippen LogP contribution in [0.3, 0.4) is 0 Å². The number of rotatable bonds is 5. The molecule has 29 heavy (non-hydrogen) atoms. The number of thiophene rings is 1. The van der Waals surface area contributed by atoms with Crippen LogP contribution in [0.15, 0.2) is 58.2 Å². The number of hydrogen-bond donors (Lipinski definition) is 0. The first-order valence-electron chi connectivity index (χ1n) is 9.05. The van der Waals surface area contributed by atoms with Gasteiger partial charge >= 0.3 is 0 Å². The predicted octanol–water partition coefficient (Wildman–Crippen LogP) is 5.08. The number of nitrogens with zero attached hydrogens (tertiary/aromatic N) is 2. The number of aromatic nitrogens is 2. The smallest absolute Gasteiger partial charge is 0.277 e. The zero-order valence-electron chi connectivity index (χ0n) is 15.5. The molecule has 0 saturated heterocycles. The van der Waals surface area contributed by atoms with E-state index in [-0.39, 0.29) is 11.5 Å². The van der Waals surface area contributed by atoms with Crippen LogP contribution in [0.1, 0.15) is 27.2 Å². The SMILES string of the molecule is Cc1c(C(=O)CSc2nnc(C3COc4ccccc4O3)o2)sc2ccccc12. The van der Waals surface area contributed by atoms with Crippen LogP contribution >= 0.6 is 23.1 Å². The molecular weight excluding hydrogens is 408 g/mol. The van der Waals surface area contributed by atoms with E-state index in [1.165, 1.54) is 23.1 Å². The lowest BCUT2D eigenvalue weighted by Crippen LogP contribution is -2.21. The van der Waals surface area contributed by atoms with Crippen molar-refractivity contribution in [1.29, 1.82) is 0 Å². The number of thioether (sulfide) groups is 1. The largest absolute Gasteiger partial charge is 0.485 e. The first-order valence-corrected chi connectivity index (χ1v) is 10.9. The van der Waals surface area contributed by atoms with E-state index < -0.39 is 6.10 Å². The van der Waals surface area contributed by atoms with Crippen LogP contribution in [0.4, 0.5) is 0 Å². The molecule has 2 aromatic carbocycles. The summed E-state index contributed by atoms with van der Waals surface area (Å²) in [4.78, 5) is 13.5. The Bertz CT molecular complexity index is 1200. The van der Waals surface area contributed by atoms with Gasteiger partial charge in [-0.15, -0.1) is 21.5 Å². The Morgan fingerprint density at radius 1 is 1.14 bits per heavy atom. The molecule has 0 fully saturated rings. The maximum Gasteiger partial charge on any atom is 0.277 e. The molecule has 0 amide bonds. The molecule has 4 aromatic rings. The molecule has 1 atom stereocenters. The second-order valence-corrected chi connectivity index (χ2v) is 8.51. The fraction of sp³-hybridized carbons (Fsp3) is 0.190. The van der Waals surface area contributed by atoms with Crippen LogP contribution in [0, 0.1) is 6.92 Å². The van der Waals surface area contributed by atoms with Gasteiger partial charge in [-0.2, -0.15) is 0 Å². The summed E-state index contributed by atoms with van der Waals surface area (Å²) in [5, 5.41) is 9.57. The third kappa shape index (κ3) is 3.49. The number of benzene rings is 2. The van der Waals surface area contributed by atoms with E-state index in [1.807, 2.05) is 55.5 Å². The average Bonchev–Trinajstić information content (AvgIpc) is 3.37. The molecule has 5 rings (SSSR count). The Morgan fingerprint density at radius 3 is 2.79 bits per heavy atom. The van der Waals surface area contributed by atoms with Crippen molar-refractivity contribution in [2.45, 2.75) is 18.3 Å². The quantitative estimate of drug-likeness (QED) is 0.327. The summed E-state index contributed by atoms with van der Waals surface area (Å²) in [6.07, 6.45) is -0.465. The predicted molar refractivity (Wildman–Crippen MR) is 111 cm³/mol. The molecule has 6 nitrogen and oxygen atoms in total. The molecule has 146 valence electrons. The zero-order chi connectivity index (χ0) is 19.8. The normalized spacial score (nSPS) is 15.6. The number of carbonyl (C=O) groups is 1. The van der Waals surface area contributed by atoms with Crippen molar-refractivity contribution in [2.24, 2.45) is 0 Å². The van der Waals surface area contributed by atoms with Crippen molar-refractivity contribution >= 4 is 39.0 Å². The highest BCUT2D eigenvalue weighted by molar-refractivity contribution is 7.99. The third-order valence-electron chi connectivity index (χ3n) is 4.63. The maximum absolute atomic E-state index is 12.7. The minimum Gasteiger partial charge on any atom is -0.485 e. The van der Waals surface area contributed by atoms with Crippen LogP contribution in [0.2, 0.25) is 0 Å². The molecule has 3 heterocycles. The number of ketones is 1. The molecular formula is C21H16N2O4S2. The lowest BCUT2D eigenvalue weighted by atomic mass is 10.1. The van der Waals surface area contributed by atoms with Gasteiger partial charge in [-0.3, -0.25) is 4.79 Å². The monoisotopic (exact) mass is 424 g/mol. The van der Waals surface area contributed by atoms with Gasteiger partial charge in [0.15, 0.2) is 17.3 Å². The fourth-order valence-corrected chi connectivity index (χ4v) is 5.06. The molecule has 2 aromatic heterocycles. The molecule has 0 bridgehead atoms. The zero-order valence-corrected chi connectivity index (χ0v) is 17.1. The second kappa shape index (κ2) is 7.53. The molecule has 0 aliphatic carbocycles. The Balaban J connectivity index is 1.26. The van der Waals surface area contributed by atoms with Crippen molar-refractivity contribution in [2.75, 3.05) is 12.4 Å². The fourth-order valence-electron chi connectivity index (χ4n) is 3.18. The number of para-hydroxylation sites is 2. The second-order valence-electron chi connectivity index (χ2n) is 6.53. The molecule has 0 radical (unpaired) electrons. The van der Waals surface area contributed by atoms with Crippen molar-refractivity contribution in [3.05, 3.63) is 64.9 Å². The Labute approximate surface area is 174 Å². The maximum atomic E-state index is 12.7. The lowest BCUT2D eigenvalue weighted by Gasteiger charge is -2.23. The molecule has 1 unspecified atom stereocenters. The topological polar surface area (TPSA) is 74.5 Å². The summed E-state index contributed by atoms with van der Waals surface area (Å²) >= 11 is 2.76. The van der Waals surface area contributed by atoms with Crippen molar-refractivity contribution in [3.8, 4) is 11.5 Å². The number of fused-ring (bicyclic) bond motifs is 2. The van der Waals surface area contributed by atoms with Crippen LogP contribution < -0.4 is 9.47 Å². The molecule has 1 aliphatic rings. The number of carbonyl (C=O) groups excluding carboxylic acids is 1. The van der Waals surface area contributed by atoms with Crippen molar-refractivity contribution in [3.63, 3.8) is 0 Å². The van der Waals surface area contributed by atoms with Crippen molar-refractivity contribution < 1.29 is 18.7 Å². The first kappa shape index (κ1) is 18.2. The standard InChI is InChI=1S/C21H16N2O4S2/c1-12-13-6-2-5-9-18(13)29-19(12)14(24)11-28-21-23-22-20(27-21)17-10-25-15-7-3-4-8-16(15)26-17/h2-9,17H,10-11H2,1H3. The van der Waals surface area contributed by atoms with E-state index in [1.54, 1.807) is 0 Å². The Morgan fingerprint density at radius 2 is 1.93 bits per heavy atom. The molecule has 1 aliphatic heterocycles. The van der Waals surface area contributed by atoms with E-state index >= 15 is 0 Å². The minimum absolute atomic E-state index is 0.0552. The third-order valence-corrected chi connectivity index (χ3v) is 6.76. The van der Waals surface area contributed by atoms with Gasteiger partial charge in [0.2, 0.25) is 6.10 Å². The van der Waals surface area contributed by atoms with Gasteiger partial charge in [-0.05, 0) is 36.1 Å². The van der Waals surface area contributed by atoms with E-state index in [0.717, 1.165) is 20.5 Å². The summed E-state index contributed by atoms with van der Waals surface area (Å²) in [7, 11) is 0. The van der Waals surface area contributed by atoms with Gasteiger partial charge in [0.25, 0.3) is 11.1 Å². The van der Waals surface area contributed by atoms with Gasteiger partial charge in [-0.1, -0.05) is 42.1 Å². The number of ether oxygens (including phenoxy) is 2. The number of Topliss-reactive ketones (excluding diaryl/α,β-unsaturated/α-hetero) is 1. The highest BCUT2D eigenvalue weighted by Crippen LogP contribution is 2.36. The summed E-state index contributed by atoms with van der Waals surface area (Å²) in [5.41, 5.74) is 1.02. The van der Waals surface area contributed by atoms with Gasteiger partial charge < -0.3 is 13.9 Å². The van der Waals surface area contributed by atoms with Crippen LogP contribution in [0.25, 0.3) is 10.1 Å². The average molecular weight is 425 g/mol. The summed E-state index contributed by atoms with van der Waals surface area (Å²) in [6.45, 7) is 2.28. The van der Waals surface area contributed by atoms with Crippen LogP contribution in [-0.2, 0) is 0 Å².